The molecule has 1 aromatic carbocycles. The molecule has 2 aromatic rings. The molecule has 1 aromatic heterocycles. The second kappa shape index (κ2) is 9.44. The molecule has 10 heteroatoms. The second-order valence-electron chi connectivity index (χ2n) is 6.74. The lowest BCUT2D eigenvalue weighted by Gasteiger charge is -2.28. The van der Waals surface area contributed by atoms with Crippen LogP contribution in [0.1, 0.15) is 25.1 Å². The number of nitrogens with one attached hydrogen (secondary N) is 3. The highest BCUT2D eigenvalue weighted by molar-refractivity contribution is 5.89. The number of carbonyl (C=O) groups is 1. The number of piperidine rings is 1. The molecule has 0 atom stereocenters. The maximum atomic E-state index is 13.6. The summed E-state index contributed by atoms with van der Waals surface area (Å²) in [6.07, 6.45) is 3.51. The van der Waals surface area contributed by atoms with Gasteiger partial charge in [0.1, 0.15) is 17.5 Å². The summed E-state index contributed by atoms with van der Waals surface area (Å²) in [5.41, 5.74) is -0.438. The predicted molar refractivity (Wildman–Crippen MR) is 105 cm³/mol. The molecule has 0 saturated carbocycles. The summed E-state index contributed by atoms with van der Waals surface area (Å²) < 4.78 is 39.7. The number of aromatic nitrogens is 2. The van der Waals surface area contributed by atoms with Gasteiger partial charge in [-0.2, -0.15) is 0 Å². The molecule has 1 aliphatic rings. The third-order valence-electron chi connectivity index (χ3n) is 4.50. The molecule has 2 heterocycles. The molecule has 0 spiro atoms. The SMILES string of the molecule is Cc1nc(NCCNC(=O)Nc2ccc(F)c(F)c2F)cc(N2CCCCC2)n1. The van der Waals surface area contributed by atoms with E-state index in [0.717, 1.165) is 43.9 Å². The van der Waals surface area contributed by atoms with Gasteiger partial charge in [0.05, 0.1) is 5.69 Å². The Labute approximate surface area is 166 Å². The second-order valence-corrected chi connectivity index (χ2v) is 6.74. The molecule has 0 bridgehead atoms. The van der Waals surface area contributed by atoms with Crippen LogP contribution in [0.4, 0.5) is 35.3 Å². The van der Waals surface area contributed by atoms with Gasteiger partial charge in [-0.1, -0.05) is 0 Å². The third-order valence-corrected chi connectivity index (χ3v) is 4.50. The Morgan fingerprint density at radius 3 is 2.59 bits per heavy atom. The molecular weight excluding hydrogens is 385 g/mol. The fourth-order valence-electron chi connectivity index (χ4n) is 3.08. The summed E-state index contributed by atoms with van der Waals surface area (Å²) >= 11 is 0. The Balaban J connectivity index is 1.48. The van der Waals surface area contributed by atoms with Crippen LogP contribution in [0.2, 0.25) is 0 Å². The lowest BCUT2D eigenvalue weighted by molar-refractivity contribution is 0.252. The van der Waals surface area contributed by atoms with Crippen molar-refractivity contribution in [2.45, 2.75) is 26.2 Å². The molecule has 0 radical (unpaired) electrons. The molecule has 156 valence electrons. The van der Waals surface area contributed by atoms with Gasteiger partial charge in [0.2, 0.25) is 0 Å². The lowest BCUT2D eigenvalue weighted by Crippen LogP contribution is -2.33. The summed E-state index contributed by atoms with van der Waals surface area (Å²) in [6, 6.07) is 2.84. The van der Waals surface area contributed by atoms with Crippen LogP contribution in [0.3, 0.4) is 0 Å². The smallest absolute Gasteiger partial charge is 0.319 e. The van der Waals surface area contributed by atoms with Crippen LogP contribution < -0.4 is 20.9 Å². The minimum atomic E-state index is -1.63. The van der Waals surface area contributed by atoms with Crippen LogP contribution in [-0.2, 0) is 0 Å². The molecule has 29 heavy (non-hydrogen) atoms. The Morgan fingerprint density at radius 2 is 1.83 bits per heavy atom. The van der Waals surface area contributed by atoms with E-state index >= 15 is 0 Å². The molecule has 1 saturated heterocycles. The van der Waals surface area contributed by atoms with Crippen LogP contribution in [-0.4, -0.2) is 42.2 Å². The highest BCUT2D eigenvalue weighted by atomic mass is 19.2. The number of urea groups is 1. The first-order chi connectivity index (χ1) is 13.9. The van der Waals surface area contributed by atoms with Crippen LogP contribution in [0.25, 0.3) is 0 Å². The first-order valence-electron chi connectivity index (χ1n) is 9.47. The van der Waals surface area contributed by atoms with E-state index in [4.69, 9.17) is 0 Å². The van der Waals surface area contributed by atoms with Crippen LogP contribution in [0, 0.1) is 24.4 Å². The van der Waals surface area contributed by atoms with Gasteiger partial charge >= 0.3 is 6.03 Å². The van der Waals surface area contributed by atoms with Gasteiger partial charge in [0.25, 0.3) is 0 Å². The highest BCUT2D eigenvalue weighted by Gasteiger charge is 2.15. The average molecular weight is 408 g/mol. The number of halogens is 3. The van der Waals surface area contributed by atoms with Gasteiger partial charge < -0.3 is 20.9 Å². The van der Waals surface area contributed by atoms with Crippen LogP contribution >= 0.6 is 0 Å². The van der Waals surface area contributed by atoms with E-state index in [1.54, 1.807) is 0 Å². The van der Waals surface area contributed by atoms with Gasteiger partial charge in [-0.25, -0.2) is 27.9 Å². The molecule has 1 aliphatic heterocycles. The Hall–Kier alpha value is -3.04. The number of hydrogen-bond donors (Lipinski definition) is 3. The monoisotopic (exact) mass is 408 g/mol. The molecule has 2 amide bonds. The molecule has 1 fully saturated rings. The van der Waals surface area contributed by atoms with Crippen molar-refractivity contribution in [1.82, 2.24) is 15.3 Å². The van der Waals surface area contributed by atoms with Crippen molar-refractivity contribution in [3.8, 4) is 0 Å². The summed E-state index contributed by atoms with van der Waals surface area (Å²) in [4.78, 5) is 22.9. The molecule has 0 aliphatic carbocycles. The summed E-state index contributed by atoms with van der Waals surface area (Å²) in [6.45, 7) is 4.33. The maximum absolute atomic E-state index is 13.6. The van der Waals surface area contributed by atoms with Crippen molar-refractivity contribution in [1.29, 1.82) is 0 Å². The van der Waals surface area contributed by atoms with Gasteiger partial charge in [0, 0.05) is 32.2 Å². The maximum Gasteiger partial charge on any atom is 0.319 e. The van der Waals surface area contributed by atoms with E-state index in [2.05, 4.69) is 30.8 Å². The first kappa shape index (κ1) is 20.7. The van der Waals surface area contributed by atoms with Gasteiger partial charge in [0.15, 0.2) is 17.5 Å². The van der Waals surface area contributed by atoms with E-state index in [9.17, 15) is 18.0 Å². The van der Waals surface area contributed by atoms with Crippen molar-refractivity contribution in [2.24, 2.45) is 0 Å². The lowest BCUT2D eigenvalue weighted by atomic mass is 10.1. The summed E-state index contributed by atoms with van der Waals surface area (Å²) in [5.74, 6) is -2.23. The van der Waals surface area contributed by atoms with Crippen molar-refractivity contribution >= 4 is 23.4 Å². The van der Waals surface area contributed by atoms with E-state index in [1.807, 2.05) is 13.0 Å². The van der Waals surface area contributed by atoms with Gasteiger partial charge in [-0.3, -0.25) is 0 Å². The minimum Gasteiger partial charge on any atom is -0.368 e. The van der Waals surface area contributed by atoms with Gasteiger partial charge in [-0.15, -0.1) is 0 Å². The Morgan fingerprint density at radius 1 is 1.07 bits per heavy atom. The molecule has 3 rings (SSSR count). The summed E-state index contributed by atoms with van der Waals surface area (Å²) in [5, 5.41) is 7.76. The first-order valence-corrected chi connectivity index (χ1v) is 9.47. The van der Waals surface area contributed by atoms with Crippen molar-refractivity contribution in [2.75, 3.05) is 41.7 Å². The normalized spacial score (nSPS) is 13.9. The number of aryl methyl sites for hydroxylation is 1. The van der Waals surface area contributed by atoms with Crippen molar-refractivity contribution in [3.05, 3.63) is 41.5 Å². The fraction of sp³-hybridized carbons (Fsp3) is 0.421. The topological polar surface area (TPSA) is 82.2 Å². The third kappa shape index (κ3) is 5.49. The Bertz CT molecular complexity index is 873. The Kier molecular flexibility index (Phi) is 6.73. The average Bonchev–Trinajstić information content (AvgIpc) is 2.72. The van der Waals surface area contributed by atoms with E-state index in [1.165, 1.54) is 6.42 Å². The number of anilines is 3. The van der Waals surface area contributed by atoms with E-state index in [-0.39, 0.29) is 6.54 Å². The number of hydrogen-bond acceptors (Lipinski definition) is 5. The van der Waals surface area contributed by atoms with Gasteiger partial charge in [-0.05, 0) is 38.3 Å². The largest absolute Gasteiger partial charge is 0.368 e. The number of carbonyl (C=O) groups excluding carboxylic acids is 1. The molecule has 3 N–H and O–H groups in total. The highest BCUT2D eigenvalue weighted by Crippen LogP contribution is 2.21. The number of rotatable bonds is 6. The zero-order valence-corrected chi connectivity index (χ0v) is 16.1. The van der Waals surface area contributed by atoms with Crippen molar-refractivity contribution < 1.29 is 18.0 Å². The predicted octanol–water partition coefficient (Wildman–Crippen LogP) is 3.43. The zero-order valence-electron chi connectivity index (χ0n) is 16.1. The minimum absolute atomic E-state index is 0.208. The molecule has 7 nitrogen and oxygen atoms in total. The van der Waals surface area contributed by atoms with E-state index in [0.29, 0.717) is 18.2 Å². The van der Waals surface area contributed by atoms with Crippen LogP contribution in [0.5, 0.6) is 0 Å². The molecule has 0 unspecified atom stereocenters. The molecular formula is C19H23F3N6O. The van der Waals surface area contributed by atoms with E-state index < -0.39 is 29.2 Å². The number of nitrogens with zero attached hydrogens (tertiary/aromatic N) is 3. The fourth-order valence-corrected chi connectivity index (χ4v) is 3.08. The number of amides is 2. The van der Waals surface area contributed by atoms with Crippen LogP contribution in [0.15, 0.2) is 18.2 Å². The van der Waals surface area contributed by atoms with Crippen molar-refractivity contribution in [3.63, 3.8) is 0 Å². The standard InChI is InChI=1S/C19H23F3N6O/c1-12-25-15(11-16(26-12)28-9-3-2-4-10-28)23-7-8-24-19(29)27-14-6-5-13(20)17(21)18(14)22/h5-6,11H,2-4,7-10H2,1H3,(H,23,25,26)(H2,24,27,29). The number of benzene rings is 1. The quantitative estimate of drug-likeness (QED) is 0.504. The summed E-state index contributed by atoms with van der Waals surface area (Å²) in [7, 11) is 0. The zero-order chi connectivity index (χ0) is 20.8.